The van der Waals surface area contributed by atoms with E-state index >= 15 is 0 Å². The van der Waals surface area contributed by atoms with Crippen LogP contribution in [0.2, 0.25) is 0 Å². The first-order chi connectivity index (χ1) is 10.2. The lowest BCUT2D eigenvalue weighted by molar-refractivity contribution is 0.722. The van der Waals surface area contributed by atoms with Gasteiger partial charge in [-0.2, -0.15) is 0 Å². The first-order valence-electron chi connectivity index (χ1n) is 7.10. The Morgan fingerprint density at radius 3 is 2.43 bits per heavy atom. The van der Waals surface area contributed by atoms with E-state index in [0.717, 1.165) is 17.5 Å². The van der Waals surface area contributed by atoms with Crippen LogP contribution in [-0.2, 0) is 11.3 Å². The molecular formula is C19H14Cl2. The number of hydrogen-bond donors (Lipinski definition) is 0. The van der Waals surface area contributed by atoms with Gasteiger partial charge >= 0.3 is 0 Å². The fourth-order valence-electron chi connectivity index (χ4n) is 3.31. The lowest BCUT2D eigenvalue weighted by Crippen LogP contribution is -2.27. The number of benzene rings is 3. The SMILES string of the molecule is Cl[C@@H]1Cc2ccccc2[C@]1(Cl)c1ccc2ccccc2c1. The highest BCUT2D eigenvalue weighted by molar-refractivity contribution is 6.35. The quantitative estimate of drug-likeness (QED) is 0.521. The second-order valence-corrected chi connectivity index (χ2v) is 6.73. The van der Waals surface area contributed by atoms with Crippen molar-refractivity contribution < 1.29 is 0 Å². The lowest BCUT2D eigenvalue weighted by Gasteiger charge is -2.27. The van der Waals surface area contributed by atoms with Crippen LogP contribution in [-0.4, -0.2) is 5.38 Å². The van der Waals surface area contributed by atoms with Gasteiger partial charge in [0.05, 0.1) is 5.38 Å². The van der Waals surface area contributed by atoms with Crippen molar-refractivity contribution in [1.29, 1.82) is 0 Å². The molecule has 0 fully saturated rings. The standard InChI is InChI=1S/C19H14Cl2/c20-18-12-15-7-3-4-8-17(15)19(18,21)16-10-9-13-5-1-2-6-14(13)11-16/h1-11,18H,12H2/t18-,19-/m1/s1. The van der Waals surface area contributed by atoms with Gasteiger partial charge in [-0.1, -0.05) is 60.7 Å². The molecular weight excluding hydrogens is 299 g/mol. The largest absolute Gasteiger partial charge is 0.120 e. The minimum absolute atomic E-state index is 0.127. The molecule has 2 atom stereocenters. The van der Waals surface area contributed by atoms with Gasteiger partial charge in [-0.3, -0.25) is 0 Å². The van der Waals surface area contributed by atoms with Crippen LogP contribution >= 0.6 is 23.2 Å². The van der Waals surface area contributed by atoms with Gasteiger partial charge in [0.2, 0.25) is 0 Å². The Labute approximate surface area is 134 Å². The van der Waals surface area contributed by atoms with Crippen LogP contribution in [0.15, 0.2) is 66.7 Å². The monoisotopic (exact) mass is 312 g/mol. The second kappa shape index (κ2) is 4.76. The normalized spacial score (nSPS) is 24.2. The molecule has 0 N–H and O–H groups in total. The minimum Gasteiger partial charge on any atom is -0.120 e. The first kappa shape index (κ1) is 13.2. The molecule has 0 amide bonds. The van der Waals surface area contributed by atoms with Crippen molar-refractivity contribution in [3.63, 3.8) is 0 Å². The maximum atomic E-state index is 7.05. The third-order valence-corrected chi connectivity index (χ3v) is 5.69. The van der Waals surface area contributed by atoms with E-state index in [2.05, 4.69) is 42.5 Å². The highest BCUT2D eigenvalue weighted by atomic mass is 35.5. The molecule has 0 saturated carbocycles. The van der Waals surface area contributed by atoms with Crippen LogP contribution in [0.25, 0.3) is 10.8 Å². The number of fused-ring (bicyclic) bond motifs is 2. The molecule has 104 valence electrons. The Hall–Kier alpha value is -1.50. The Morgan fingerprint density at radius 1 is 0.857 bits per heavy atom. The molecule has 0 aliphatic heterocycles. The van der Waals surface area contributed by atoms with E-state index in [1.165, 1.54) is 16.3 Å². The summed E-state index contributed by atoms with van der Waals surface area (Å²) >= 11 is 13.7. The van der Waals surface area contributed by atoms with E-state index in [1.54, 1.807) is 0 Å². The predicted octanol–water partition coefficient (Wildman–Crippen LogP) is 5.49. The highest BCUT2D eigenvalue weighted by Crippen LogP contribution is 2.50. The molecule has 0 bridgehead atoms. The van der Waals surface area contributed by atoms with Crippen LogP contribution in [0.3, 0.4) is 0 Å². The molecule has 21 heavy (non-hydrogen) atoms. The van der Waals surface area contributed by atoms with Crippen LogP contribution in [0.4, 0.5) is 0 Å². The number of hydrogen-bond acceptors (Lipinski definition) is 0. The molecule has 0 unspecified atom stereocenters. The average Bonchev–Trinajstić information content (AvgIpc) is 2.79. The van der Waals surface area contributed by atoms with Crippen molar-refractivity contribution in [2.75, 3.05) is 0 Å². The van der Waals surface area contributed by atoms with Crippen molar-refractivity contribution in [1.82, 2.24) is 0 Å². The lowest BCUT2D eigenvalue weighted by atomic mass is 9.90. The van der Waals surface area contributed by atoms with Gasteiger partial charge < -0.3 is 0 Å². The molecule has 0 nitrogen and oxygen atoms in total. The Balaban J connectivity index is 1.94. The average molecular weight is 313 g/mol. The summed E-state index contributed by atoms with van der Waals surface area (Å²) in [5.41, 5.74) is 3.47. The Kier molecular flexibility index (Phi) is 2.99. The molecule has 1 aliphatic rings. The molecule has 1 aliphatic carbocycles. The number of halogens is 2. The van der Waals surface area contributed by atoms with Crippen molar-refractivity contribution in [3.05, 3.63) is 83.4 Å². The minimum atomic E-state index is -0.637. The van der Waals surface area contributed by atoms with Crippen molar-refractivity contribution >= 4 is 34.0 Å². The Bertz CT molecular complexity index is 824. The van der Waals surface area contributed by atoms with E-state index in [-0.39, 0.29) is 5.38 Å². The molecule has 2 heteroatoms. The topological polar surface area (TPSA) is 0 Å². The van der Waals surface area contributed by atoms with Gasteiger partial charge in [-0.15, -0.1) is 23.2 Å². The van der Waals surface area contributed by atoms with Crippen molar-refractivity contribution in [2.45, 2.75) is 16.7 Å². The van der Waals surface area contributed by atoms with Crippen LogP contribution < -0.4 is 0 Å². The van der Waals surface area contributed by atoms with Gasteiger partial charge in [0.1, 0.15) is 4.87 Å². The van der Waals surface area contributed by atoms with E-state index in [9.17, 15) is 0 Å². The van der Waals surface area contributed by atoms with Gasteiger partial charge in [-0.05, 0) is 39.9 Å². The Morgan fingerprint density at radius 2 is 1.57 bits per heavy atom. The zero-order valence-corrected chi connectivity index (χ0v) is 12.9. The molecule has 3 aromatic carbocycles. The highest BCUT2D eigenvalue weighted by Gasteiger charge is 2.45. The maximum Gasteiger partial charge on any atom is 0.111 e. The fraction of sp³-hybridized carbons (Fsp3) is 0.158. The molecule has 3 aromatic rings. The summed E-state index contributed by atoms with van der Waals surface area (Å²) in [6, 6.07) is 23.0. The van der Waals surface area contributed by atoms with Gasteiger partial charge in [-0.25, -0.2) is 0 Å². The van der Waals surface area contributed by atoms with Crippen LogP contribution in [0, 0.1) is 0 Å². The molecule has 4 rings (SSSR count). The van der Waals surface area contributed by atoms with Gasteiger partial charge in [0.15, 0.2) is 0 Å². The van der Waals surface area contributed by atoms with Crippen LogP contribution in [0.1, 0.15) is 16.7 Å². The third kappa shape index (κ3) is 1.90. The zero-order valence-electron chi connectivity index (χ0n) is 11.4. The van der Waals surface area contributed by atoms with E-state index < -0.39 is 4.87 Å². The van der Waals surface area contributed by atoms with E-state index in [0.29, 0.717) is 0 Å². The molecule has 0 aromatic heterocycles. The van der Waals surface area contributed by atoms with Crippen molar-refractivity contribution in [2.24, 2.45) is 0 Å². The molecule has 0 saturated heterocycles. The predicted molar refractivity (Wildman–Crippen MR) is 90.4 cm³/mol. The smallest absolute Gasteiger partial charge is 0.111 e. The molecule has 0 heterocycles. The summed E-state index contributed by atoms with van der Waals surface area (Å²) in [4.78, 5) is -0.637. The number of alkyl halides is 2. The third-order valence-electron chi connectivity index (χ3n) is 4.41. The van der Waals surface area contributed by atoms with E-state index in [1.807, 2.05) is 24.3 Å². The molecule has 0 radical (unpaired) electrons. The summed E-state index contributed by atoms with van der Waals surface area (Å²) in [6.45, 7) is 0. The first-order valence-corrected chi connectivity index (χ1v) is 7.91. The second-order valence-electron chi connectivity index (χ2n) is 5.60. The van der Waals surface area contributed by atoms with Gasteiger partial charge in [0.25, 0.3) is 0 Å². The van der Waals surface area contributed by atoms with Gasteiger partial charge in [0, 0.05) is 0 Å². The fourth-order valence-corrected chi connectivity index (χ4v) is 4.10. The number of rotatable bonds is 1. The zero-order chi connectivity index (χ0) is 14.4. The maximum absolute atomic E-state index is 7.05. The summed E-state index contributed by atoms with van der Waals surface area (Å²) in [6.07, 6.45) is 0.814. The summed E-state index contributed by atoms with van der Waals surface area (Å²) in [7, 11) is 0. The summed E-state index contributed by atoms with van der Waals surface area (Å²) < 4.78 is 0. The molecule has 0 spiro atoms. The summed E-state index contributed by atoms with van der Waals surface area (Å²) in [5.74, 6) is 0. The van der Waals surface area contributed by atoms with E-state index in [4.69, 9.17) is 23.2 Å². The van der Waals surface area contributed by atoms with Crippen molar-refractivity contribution in [3.8, 4) is 0 Å². The van der Waals surface area contributed by atoms with Crippen LogP contribution in [0.5, 0.6) is 0 Å². The summed E-state index contributed by atoms with van der Waals surface area (Å²) in [5, 5.41) is 2.29.